The summed E-state index contributed by atoms with van der Waals surface area (Å²) in [6.07, 6.45) is 1.54. The molecular formula is C13H11ClF2N2O2. The first kappa shape index (κ1) is 13.2. The lowest BCUT2D eigenvalue weighted by atomic mass is 10.1. The maximum atomic E-state index is 14.3. The van der Waals surface area contributed by atoms with E-state index in [9.17, 15) is 18.7 Å². The molecule has 1 aliphatic rings. The first-order valence-corrected chi connectivity index (χ1v) is 6.56. The number of hydrogen-bond donors (Lipinski definition) is 1. The molecule has 2 heterocycles. The van der Waals surface area contributed by atoms with E-state index in [1.165, 1.54) is 9.36 Å². The van der Waals surface area contributed by atoms with Crippen LogP contribution in [0.3, 0.4) is 0 Å². The number of phenolic OH excluding ortho intramolecular Hbond substituents is 1. The Morgan fingerprint density at radius 1 is 1.15 bits per heavy atom. The highest BCUT2D eigenvalue weighted by atomic mass is 35.5. The molecule has 4 nitrogen and oxygen atoms in total. The number of hydrogen-bond acceptors (Lipinski definition) is 2. The van der Waals surface area contributed by atoms with Crippen molar-refractivity contribution in [3.63, 3.8) is 0 Å². The maximum Gasteiger partial charge on any atom is 0.277 e. The van der Waals surface area contributed by atoms with E-state index in [4.69, 9.17) is 11.6 Å². The Bertz CT molecular complexity index is 752. The van der Waals surface area contributed by atoms with E-state index in [0.29, 0.717) is 13.1 Å². The fourth-order valence-electron chi connectivity index (χ4n) is 2.48. The molecule has 1 aromatic heterocycles. The summed E-state index contributed by atoms with van der Waals surface area (Å²) >= 11 is 5.58. The molecule has 0 radical (unpaired) electrons. The fraction of sp³-hybridized carbons (Fsp3) is 0.308. The third-order valence-electron chi connectivity index (χ3n) is 3.47. The predicted octanol–water partition coefficient (Wildman–Crippen LogP) is 2.75. The maximum absolute atomic E-state index is 14.3. The number of benzene rings is 1. The van der Waals surface area contributed by atoms with Crippen molar-refractivity contribution in [1.82, 2.24) is 9.36 Å². The standard InChI is InChI=1S/C13H11ClF2N2O2/c14-8-6-9(15)7(5-10(8)19)11-12(16)17-3-1-2-4-18(17)13(11)20/h5-6,19H,1-4H2. The zero-order valence-corrected chi connectivity index (χ0v) is 11.1. The van der Waals surface area contributed by atoms with E-state index in [1.54, 1.807) is 0 Å². The Hall–Kier alpha value is -1.82. The number of phenols is 1. The zero-order chi connectivity index (χ0) is 14.4. The summed E-state index contributed by atoms with van der Waals surface area (Å²) in [5.41, 5.74) is -1.23. The van der Waals surface area contributed by atoms with E-state index in [0.717, 1.165) is 25.0 Å². The van der Waals surface area contributed by atoms with Crippen LogP contribution in [0.1, 0.15) is 12.8 Å². The van der Waals surface area contributed by atoms with Crippen molar-refractivity contribution in [2.24, 2.45) is 0 Å². The minimum atomic E-state index is -0.840. The third kappa shape index (κ3) is 1.83. The topological polar surface area (TPSA) is 47.2 Å². The van der Waals surface area contributed by atoms with Gasteiger partial charge in [0.2, 0.25) is 5.95 Å². The van der Waals surface area contributed by atoms with Gasteiger partial charge in [-0.1, -0.05) is 11.6 Å². The number of nitrogens with zero attached hydrogens (tertiary/aromatic N) is 2. The molecule has 0 saturated carbocycles. The Labute approximate surface area is 117 Å². The lowest BCUT2D eigenvalue weighted by Crippen LogP contribution is -2.27. The van der Waals surface area contributed by atoms with Crippen LogP contribution in [0.5, 0.6) is 5.75 Å². The first-order valence-electron chi connectivity index (χ1n) is 6.18. The Kier molecular flexibility index (Phi) is 3.05. The van der Waals surface area contributed by atoms with Gasteiger partial charge in [-0.15, -0.1) is 0 Å². The van der Waals surface area contributed by atoms with Gasteiger partial charge in [0, 0.05) is 18.7 Å². The molecule has 1 N–H and O–H groups in total. The number of aromatic nitrogens is 2. The number of halogens is 3. The normalized spacial score (nSPS) is 14.3. The molecule has 1 aromatic carbocycles. The molecule has 0 bridgehead atoms. The predicted molar refractivity (Wildman–Crippen MR) is 70.0 cm³/mol. The molecule has 106 valence electrons. The van der Waals surface area contributed by atoms with Gasteiger partial charge in [0.05, 0.1) is 5.02 Å². The van der Waals surface area contributed by atoms with Crippen LogP contribution >= 0.6 is 11.6 Å². The van der Waals surface area contributed by atoms with Gasteiger partial charge in [-0.25, -0.2) is 9.07 Å². The number of rotatable bonds is 1. The SMILES string of the molecule is O=c1c(-c2cc(O)c(Cl)cc2F)c(F)n2n1CCCC2. The number of aromatic hydroxyl groups is 1. The van der Waals surface area contributed by atoms with Crippen molar-refractivity contribution in [2.45, 2.75) is 25.9 Å². The molecule has 1 aliphatic heterocycles. The molecule has 0 spiro atoms. The van der Waals surface area contributed by atoms with Crippen molar-refractivity contribution in [1.29, 1.82) is 0 Å². The first-order chi connectivity index (χ1) is 9.50. The summed E-state index contributed by atoms with van der Waals surface area (Å²) < 4.78 is 30.7. The van der Waals surface area contributed by atoms with Gasteiger partial charge in [-0.2, -0.15) is 4.39 Å². The van der Waals surface area contributed by atoms with Crippen LogP contribution in [-0.2, 0) is 13.1 Å². The molecule has 0 amide bonds. The summed E-state index contributed by atoms with van der Waals surface area (Å²) in [6.45, 7) is 0.777. The highest BCUT2D eigenvalue weighted by molar-refractivity contribution is 6.32. The molecule has 0 atom stereocenters. The Morgan fingerprint density at radius 3 is 2.45 bits per heavy atom. The molecule has 0 aliphatic carbocycles. The van der Waals surface area contributed by atoms with Gasteiger partial charge in [0.25, 0.3) is 5.56 Å². The summed E-state index contributed by atoms with van der Waals surface area (Å²) in [4.78, 5) is 12.2. The molecule has 0 fully saturated rings. The van der Waals surface area contributed by atoms with E-state index in [2.05, 4.69) is 0 Å². The van der Waals surface area contributed by atoms with Crippen molar-refractivity contribution >= 4 is 11.6 Å². The second kappa shape index (κ2) is 4.63. The average molecular weight is 301 g/mol. The third-order valence-corrected chi connectivity index (χ3v) is 3.77. The highest BCUT2D eigenvalue weighted by Gasteiger charge is 2.25. The molecule has 20 heavy (non-hydrogen) atoms. The zero-order valence-electron chi connectivity index (χ0n) is 10.4. The van der Waals surface area contributed by atoms with Crippen molar-refractivity contribution < 1.29 is 13.9 Å². The van der Waals surface area contributed by atoms with Crippen LogP contribution in [0.25, 0.3) is 11.1 Å². The van der Waals surface area contributed by atoms with Crippen LogP contribution in [-0.4, -0.2) is 14.5 Å². The molecule has 3 rings (SSSR count). The van der Waals surface area contributed by atoms with Crippen molar-refractivity contribution in [3.8, 4) is 16.9 Å². The van der Waals surface area contributed by atoms with Gasteiger partial charge in [0.1, 0.15) is 17.1 Å². The van der Waals surface area contributed by atoms with Crippen molar-refractivity contribution in [2.75, 3.05) is 0 Å². The second-order valence-electron chi connectivity index (χ2n) is 4.71. The average Bonchev–Trinajstić information content (AvgIpc) is 2.68. The van der Waals surface area contributed by atoms with Crippen LogP contribution in [0.15, 0.2) is 16.9 Å². The molecule has 7 heteroatoms. The van der Waals surface area contributed by atoms with E-state index < -0.39 is 23.1 Å². The minimum absolute atomic E-state index is 0.185. The lowest BCUT2D eigenvalue weighted by Gasteiger charge is -2.16. The quantitative estimate of drug-likeness (QED) is 0.880. The number of fused-ring (bicyclic) bond motifs is 1. The van der Waals surface area contributed by atoms with Gasteiger partial charge in [-0.3, -0.25) is 9.48 Å². The van der Waals surface area contributed by atoms with Gasteiger partial charge in [-0.05, 0) is 25.0 Å². The summed E-state index contributed by atoms with van der Waals surface area (Å²) in [5.74, 6) is -2.02. The molecule has 2 aromatic rings. The fourth-order valence-corrected chi connectivity index (χ4v) is 2.63. The van der Waals surface area contributed by atoms with Gasteiger partial charge >= 0.3 is 0 Å². The van der Waals surface area contributed by atoms with Crippen molar-refractivity contribution in [3.05, 3.63) is 39.3 Å². The second-order valence-corrected chi connectivity index (χ2v) is 5.12. The summed E-state index contributed by atoms with van der Waals surface area (Å²) in [5, 5.41) is 9.35. The monoisotopic (exact) mass is 300 g/mol. The largest absolute Gasteiger partial charge is 0.506 e. The summed E-state index contributed by atoms with van der Waals surface area (Å²) in [6, 6.07) is 1.84. The Morgan fingerprint density at radius 2 is 1.80 bits per heavy atom. The van der Waals surface area contributed by atoms with E-state index in [1.807, 2.05) is 0 Å². The Balaban J connectivity index is 2.28. The van der Waals surface area contributed by atoms with E-state index in [-0.39, 0.29) is 16.1 Å². The van der Waals surface area contributed by atoms with Crippen LogP contribution in [0.4, 0.5) is 8.78 Å². The minimum Gasteiger partial charge on any atom is -0.506 e. The van der Waals surface area contributed by atoms with Crippen LogP contribution in [0, 0.1) is 11.8 Å². The van der Waals surface area contributed by atoms with E-state index >= 15 is 0 Å². The molecule has 0 unspecified atom stereocenters. The summed E-state index contributed by atoms with van der Waals surface area (Å²) in [7, 11) is 0. The molecular weight excluding hydrogens is 290 g/mol. The molecule has 0 saturated heterocycles. The highest BCUT2D eigenvalue weighted by Crippen LogP contribution is 2.32. The van der Waals surface area contributed by atoms with Gasteiger partial charge < -0.3 is 5.11 Å². The smallest absolute Gasteiger partial charge is 0.277 e. The van der Waals surface area contributed by atoms with Crippen LogP contribution in [0.2, 0.25) is 5.02 Å². The lowest BCUT2D eigenvalue weighted by molar-refractivity contribution is 0.310. The van der Waals surface area contributed by atoms with Crippen LogP contribution < -0.4 is 5.56 Å². The van der Waals surface area contributed by atoms with Gasteiger partial charge in [0.15, 0.2) is 0 Å².